The highest BCUT2D eigenvalue weighted by molar-refractivity contribution is 7.68. The zero-order valence-corrected chi connectivity index (χ0v) is 15.2. The lowest BCUT2D eigenvalue weighted by Crippen LogP contribution is -2.40. The summed E-state index contributed by atoms with van der Waals surface area (Å²) >= 11 is 0. The molecule has 0 bridgehead atoms. The maximum absolute atomic E-state index is 15.0. The van der Waals surface area contributed by atoms with Crippen molar-refractivity contribution in [3.05, 3.63) is 35.4 Å². The number of hydrogen-bond acceptors (Lipinski definition) is 2. The van der Waals surface area contributed by atoms with Gasteiger partial charge >= 0.3 is 5.66 Å². The van der Waals surface area contributed by atoms with Crippen LogP contribution in [0, 0.1) is 0 Å². The molecule has 0 saturated heterocycles. The normalized spacial score (nSPS) is 14.2. The Bertz CT molecular complexity index is 534. The van der Waals surface area contributed by atoms with Crippen LogP contribution < -0.4 is 0 Å². The highest BCUT2D eigenvalue weighted by Gasteiger charge is 2.62. The number of aliphatic hydroxyl groups is 1. The average Bonchev–Trinajstić information content (AvgIpc) is 2.35. The lowest BCUT2D eigenvalue weighted by atomic mass is 10.1. The van der Waals surface area contributed by atoms with Gasteiger partial charge in [0.2, 0.25) is 0 Å². The number of benzene rings is 1. The number of hydrogen-bond donors (Lipinski definition) is 1. The summed E-state index contributed by atoms with van der Waals surface area (Å²) in [5.41, 5.74) is -2.19. The van der Waals surface area contributed by atoms with E-state index in [1.165, 1.54) is 0 Å². The molecule has 2 nitrogen and oxygen atoms in total. The van der Waals surface area contributed by atoms with E-state index in [1.54, 1.807) is 65.8 Å². The van der Waals surface area contributed by atoms with E-state index in [0.29, 0.717) is 11.1 Å². The molecule has 0 saturated carbocycles. The Morgan fingerprint density at radius 3 is 1.59 bits per heavy atom. The van der Waals surface area contributed by atoms with E-state index in [9.17, 15) is 4.57 Å². The van der Waals surface area contributed by atoms with Crippen LogP contribution >= 0.6 is 7.14 Å². The van der Waals surface area contributed by atoms with E-state index in [2.05, 4.69) is 0 Å². The topological polar surface area (TPSA) is 37.3 Å². The molecule has 1 aromatic rings. The minimum absolute atomic E-state index is 0.126. The zero-order valence-electron chi connectivity index (χ0n) is 14.3. The second kappa shape index (κ2) is 6.05. The summed E-state index contributed by atoms with van der Waals surface area (Å²) < 4.78 is 43.5. The van der Waals surface area contributed by atoms with Crippen LogP contribution in [0.2, 0.25) is 0 Å². The van der Waals surface area contributed by atoms with Gasteiger partial charge in [0.15, 0.2) is 7.14 Å². The monoisotopic (exact) mass is 332 g/mol. The molecule has 22 heavy (non-hydrogen) atoms. The predicted octanol–water partition coefficient (Wildman–Crippen LogP) is 5.27. The largest absolute Gasteiger partial charge is 0.392 e. The highest BCUT2D eigenvalue weighted by Crippen LogP contribution is 2.76. The van der Waals surface area contributed by atoms with Crippen LogP contribution in [-0.4, -0.2) is 21.1 Å². The molecule has 126 valence electrons. The van der Waals surface area contributed by atoms with Gasteiger partial charge in [0.25, 0.3) is 0 Å². The first-order chi connectivity index (χ1) is 9.76. The maximum Gasteiger partial charge on any atom is 0.302 e. The summed E-state index contributed by atoms with van der Waals surface area (Å²) in [4.78, 5) is 0. The maximum atomic E-state index is 15.0. The minimum Gasteiger partial charge on any atom is -0.392 e. The van der Waals surface area contributed by atoms with Crippen molar-refractivity contribution < 1.29 is 18.5 Å². The van der Waals surface area contributed by atoms with Crippen molar-refractivity contribution in [1.82, 2.24) is 0 Å². The van der Waals surface area contributed by atoms with Crippen molar-refractivity contribution in [3.8, 4) is 0 Å². The van der Waals surface area contributed by atoms with E-state index >= 15 is 8.78 Å². The van der Waals surface area contributed by atoms with Crippen LogP contribution in [0.4, 0.5) is 8.78 Å². The van der Waals surface area contributed by atoms with Gasteiger partial charge in [-0.1, -0.05) is 65.8 Å². The number of rotatable bonds is 4. The summed E-state index contributed by atoms with van der Waals surface area (Å²) in [5, 5.41) is 7.04. The fraction of sp³-hybridized carbons (Fsp3) is 0.647. The first-order valence-electron chi connectivity index (χ1n) is 7.43. The molecule has 5 heteroatoms. The van der Waals surface area contributed by atoms with E-state index in [0.717, 1.165) is 0 Å². The van der Waals surface area contributed by atoms with Crippen LogP contribution in [0.3, 0.4) is 0 Å². The number of halogens is 2. The number of alkyl halides is 2. The molecule has 0 atom stereocenters. The van der Waals surface area contributed by atoms with Gasteiger partial charge in [-0.05, 0) is 11.1 Å². The van der Waals surface area contributed by atoms with Gasteiger partial charge in [0.05, 0.1) is 6.61 Å². The van der Waals surface area contributed by atoms with E-state index in [-0.39, 0.29) is 6.61 Å². The highest BCUT2D eigenvalue weighted by atomic mass is 31.2. The molecule has 0 amide bonds. The molecule has 0 heterocycles. The molecular formula is C17H27F2O2P. The van der Waals surface area contributed by atoms with Gasteiger partial charge in [0, 0.05) is 16.7 Å². The minimum atomic E-state index is -3.86. The molecule has 0 aliphatic carbocycles. The fourth-order valence-corrected chi connectivity index (χ4v) is 7.49. The van der Waals surface area contributed by atoms with Crippen LogP contribution in [0.5, 0.6) is 0 Å². The fourth-order valence-electron chi connectivity index (χ4n) is 3.11. The van der Waals surface area contributed by atoms with E-state index in [1.807, 2.05) is 0 Å². The molecule has 1 N–H and O–H groups in total. The summed E-state index contributed by atoms with van der Waals surface area (Å²) in [6.07, 6.45) is -0.551. The Hall–Kier alpha value is -0.730. The molecule has 0 aliphatic heterocycles. The van der Waals surface area contributed by atoms with Crippen LogP contribution in [0.1, 0.15) is 52.7 Å². The molecular weight excluding hydrogens is 305 g/mol. The molecule has 0 aromatic heterocycles. The quantitative estimate of drug-likeness (QED) is 0.762. The smallest absolute Gasteiger partial charge is 0.302 e. The van der Waals surface area contributed by atoms with E-state index < -0.39 is 29.5 Å². The molecule has 0 spiro atoms. The van der Waals surface area contributed by atoms with Crippen molar-refractivity contribution in [1.29, 1.82) is 0 Å². The van der Waals surface area contributed by atoms with Crippen molar-refractivity contribution in [2.24, 2.45) is 0 Å². The molecule has 0 aliphatic rings. The summed E-state index contributed by atoms with van der Waals surface area (Å²) in [5.74, 6) is 0. The Morgan fingerprint density at radius 2 is 1.27 bits per heavy atom. The zero-order chi connectivity index (χ0) is 17.4. The first kappa shape index (κ1) is 19.3. The van der Waals surface area contributed by atoms with Crippen LogP contribution in [-0.2, 0) is 17.6 Å². The van der Waals surface area contributed by atoms with Gasteiger partial charge < -0.3 is 9.67 Å². The van der Waals surface area contributed by atoms with Gasteiger partial charge in [-0.15, -0.1) is 0 Å². The Morgan fingerprint density at radius 1 is 0.909 bits per heavy atom. The second-order valence-electron chi connectivity index (χ2n) is 7.77. The summed E-state index contributed by atoms with van der Waals surface area (Å²) in [6.45, 7) is 9.63. The lowest BCUT2D eigenvalue weighted by Gasteiger charge is -2.45. The van der Waals surface area contributed by atoms with Gasteiger partial charge in [-0.25, -0.2) is 0 Å². The first-order valence-corrected chi connectivity index (χ1v) is 9.14. The molecule has 0 fully saturated rings. The van der Waals surface area contributed by atoms with Gasteiger partial charge in [-0.3, -0.25) is 0 Å². The molecule has 0 unspecified atom stereocenters. The summed E-state index contributed by atoms with van der Waals surface area (Å²) in [7, 11) is -3.86. The average molecular weight is 332 g/mol. The van der Waals surface area contributed by atoms with E-state index in [4.69, 9.17) is 5.11 Å². The van der Waals surface area contributed by atoms with Crippen molar-refractivity contribution in [3.63, 3.8) is 0 Å². The molecule has 1 rings (SSSR count). The third kappa shape index (κ3) is 3.44. The van der Waals surface area contributed by atoms with Crippen LogP contribution in [0.15, 0.2) is 24.3 Å². The molecule has 0 radical (unpaired) electrons. The van der Waals surface area contributed by atoms with Gasteiger partial charge in [0.1, 0.15) is 0 Å². The predicted molar refractivity (Wildman–Crippen MR) is 88.1 cm³/mol. The SMILES string of the molecule is CC(C)(C)P(=O)(C(C)(C)C)C(F)(F)Cc1ccc(CO)cc1. The third-order valence-corrected chi connectivity index (χ3v) is 8.83. The van der Waals surface area contributed by atoms with Crippen LogP contribution in [0.25, 0.3) is 0 Å². The Kier molecular flexibility index (Phi) is 5.31. The second-order valence-corrected chi connectivity index (χ2v) is 12.3. The summed E-state index contributed by atoms with van der Waals surface area (Å²) in [6, 6.07) is 6.36. The third-order valence-electron chi connectivity index (χ3n) is 3.97. The van der Waals surface area contributed by atoms with Crippen molar-refractivity contribution in [2.45, 2.75) is 70.5 Å². The lowest BCUT2D eigenvalue weighted by molar-refractivity contribution is 0.0830. The van der Waals surface area contributed by atoms with Gasteiger partial charge in [-0.2, -0.15) is 8.78 Å². The Labute approximate surface area is 132 Å². The molecule has 1 aromatic carbocycles. The Balaban J connectivity index is 3.26. The number of aliphatic hydroxyl groups excluding tert-OH is 1. The van der Waals surface area contributed by atoms with Crippen molar-refractivity contribution in [2.75, 3.05) is 0 Å². The standard InChI is InChI=1S/C17H27F2O2P/c1-15(2,3)22(21,16(4,5)6)17(18,19)11-13-7-9-14(12-20)10-8-13/h7-10,20H,11-12H2,1-6H3. The van der Waals surface area contributed by atoms with Crippen molar-refractivity contribution >= 4 is 7.14 Å².